The van der Waals surface area contributed by atoms with Gasteiger partial charge in [-0.2, -0.15) is 0 Å². The summed E-state index contributed by atoms with van der Waals surface area (Å²) < 4.78 is 9.49. The Balaban J connectivity index is 2.57. The molecule has 0 saturated carbocycles. The van der Waals surface area contributed by atoms with Gasteiger partial charge in [0.15, 0.2) is 0 Å². The molecule has 0 bridgehead atoms. The van der Waals surface area contributed by atoms with E-state index < -0.39 is 10.1 Å². The Morgan fingerprint density at radius 1 is 1.15 bits per heavy atom. The summed E-state index contributed by atoms with van der Waals surface area (Å²) in [5, 5.41) is 8.05. The Morgan fingerprint density at radius 2 is 1.70 bits per heavy atom. The second-order valence-corrected chi connectivity index (χ2v) is 6.10. The quantitative estimate of drug-likeness (QED) is 0.511. The molecule has 0 heterocycles. The number of rotatable bonds is 3. The van der Waals surface area contributed by atoms with Crippen molar-refractivity contribution in [2.24, 2.45) is 0 Å². The van der Waals surface area contributed by atoms with Gasteiger partial charge < -0.3 is 20.6 Å². The van der Waals surface area contributed by atoms with E-state index in [1.807, 2.05) is 12.1 Å². The fraction of sp³-hybridized carbons (Fsp3) is 0.357. The highest BCUT2D eigenvalue weighted by molar-refractivity contribution is 6.55. The van der Waals surface area contributed by atoms with E-state index in [9.17, 15) is 0 Å². The maximum atomic E-state index is 8.05. The molecule has 0 atom stereocenters. The Morgan fingerprint density at radius 3 is 2.20 bits per heavy atom. The fourth-order valence-electron chi connectivity index (χ4n) is 2.23. The van der Waals surface area contributed by atoms with Gasteiger partial charge in [0.05, 0.1) is 5.71 Å². The lowest BCUT2D eigenvalue weighted by Gasteiger charge is -2.38. The van der Waals surface area contributed by atoms with Gasteiger partial charge in [0, 0.05) is 26.3 Å². The first-order valence-corrected chi connectivity index (χ1v) is 6.75. The van der Waals surface area contributed by atoms with Crippen LogP contribution >= 0.6 is 23.2 Å². The summed E-state index contributed by atoms with van der Waals surface area (Å²) in [6.07, 6.45) is 1.76. The van der Waals surface area contributed by atoms with Crippen LogP contribution in [0.15, 0.2) is 30.3 Å². The van der Waals surface area contributed by atoms with Crippen LogP contribution in [0.25, 0.3) is 5.57 Å². The van der Waals surface area contributed by atoms with Crippen LogP contribution in [0.4, 0.5) is 5.69 Å². The fourth-order valence-corrected chi connectivity index (χ4v) is 2.82. The van der Waals surface area contributed by atoms with Crippen LogP contribution in [0, 0.1) is 5.41 Å². The van der Waals surface area contributed by atoms with Crippen LogP contribution in [-0.4, -0.2) is 30.1 Å². The Bertz CT molecular complexity index is 549. The molecule has 0 aromatic heterocycles. The summed E-state index contributed by atoms with van der Waals surface area (Å²) in [6, 6.07) is 7.18. The zero-order chi connectivity index (χ0) is 15.0. The minimum atomic E-state index is -1.23. The highest BCUT2D eigenvalue weighted by atomic mass is 35.5. The number of nitrogens with one attached hydrogen (secondary N) is 1. The normalized spacial score (nSPS) is 20.6. The molecule has 4 nitrogen and oxygen atoms in total. The van der Waals surface area contributed by atoms with Crippen molar-refractivity contribution in [3.63, 3.8) is 0 Å². The third-order valence-corrected chi connectivity index (χ3v) is 4.05. The van der Waals surface area contributed by atoms with Crippen LogP contribution in [-0.2, 0) is 9.47 Å². The molecule has 0 fully saturated rings. The third kappa shape index (κ3) is 2.56. The van der Waals surface area contributed by atoms with Crippen LogP contribution in [0.5, 0.6) is 0 Å². The van der Waals surface area contributed by atoms with E-state index in [1.165, 1.54) is 14.2 Å². The number of methoxy groups -OCH3 is 2. The number of hydrogen-bond donors (Lipinski definition) is 2. The molecule has 1 aromatic rings. The van der Waals surface area contributed by atoms with E-state index in [4.69, 9.17) is 43.8 Å². The van der Waals surface area contributed by atoms with E-state index in [-0.39, 0.29) is 12.1 Å². The second kappa shape index (κ2) is 5.37. The Kier molecular flexibility index (Phi) is 4.12. The van der Waals surface area contributed by atoms with Crippen LogP contribution < -0.4 is 5.73 Å². The highest BCUT2D eigenvalue weighted by Crippen LogP contribution is 2.46. The molecule has 1 aliphatic rings. The largest absolute Gasteiger partial charge is 0.399 e. The molecular weight excluding hydrogens is 299 g/mol. The first-order chi connectivity index (χ1) is 9.34. The average Bonchev–Trinajstić information content (AvgIpc) is 2.40. The number of allylic oxidation sites excluding steroid dienone is 1. The number of ether oxygens (including phenoxy) is 2. The molecular formula is C14H16Cl2N2O2. The number of alkyl halides is 2. The molecule has 3 N–H and O–H groups in total. The summed E-state index contributed by atoms with van der Waals surface area (Å²) in [5.41, 5.74) is 7.96. The number of hydrogen-bond acceptors (Lipinski definition) is 4. The minimum Gasteiger partial charge on any atom is -0.399 e. The minimum absolute atomic E-state index is 0.119. The average molecular weight is 315 g/mol. The molecule has 0 radical (unpaired) electrons. The number of nitrogens with two attached hydrogens (primary N) is 1. The molecule has 2 rings (SSSR count). The predicted octanol–water partition coefficient (Wildman–Crippen LogP) is 3.24. The van der Waals surface area contributed by atoms with Gasteiger partial charge in [0.2, 0.25) is 5.79 Å². The number of nitrogen functional groups attached to an aromatic ring is 1. The zero-order valence-corrected chi connectivity index (χ0v) is 12.8. The Labute approximate surface area is 128 Å². The lowest BCUT2D eigenvalue weighted by Crippen LogP contribution is -2.47. The number of halogens is 2. The van der Waals surface area contributed by atoms with Crippen molar-refractivity contribution in [2.45, 2.75) is 16.5 Å². The smallest absolute Gasteiger partial charge is 0.228 e. The van der Waals surface area contributed by atoms with Gasteiger partial charge in [0.1, 0.15) is 4.33 Å². The number of benzene rings is 1. The van der Waals surface area contributed by atoms with Gasteiger partial charge in [0.25, 0.3) is 0 Å². The van der Waals surface area contributed by atoms with Crippen molar-refractivity contribution >= 4 is 40.2 Å². The lowest BCUT2D eigenvalue weighted by atomic mass is 9.87. The molecule has 20 heavy (non-hydrogen) atoms. The van der Waals surface area contributed by atoms with Crippen molar-refractivity contribution in [1.29, 1.82) is 5.41 Å². The lowest BCUT2D eigenvalue weighted by molar-refractivity contribution is -0.119. The molecule has 0 amide bonds. The topological polar surface area (TPSA) is 68.3 Å². The molecule has 0 spiro atoms. The van der Waals surface area contributed by atoms with Gasteiger partial charge in [-0.15, -0.1) is 0 Å². The summed E-state index contributed by atoms with van der Waals surface area (Å²) in [4.78, 5) is 0. The van der Waals surface area contributed by atoms with Gasteiger partial charge in [-0.05, 0) is 29.3 Å². The summed E-state index contributed by atoms with van der Waals surface area (Å²) in [7, 11) is 2.95. The van der Waals surface area contributed by atoms with E-state index >= 15 is 0 Å². The maximum Gasteiger partial charge on any atom is 0.228 e. The predicted molar refractivity (Wildman–Crippen MR) is 82.4 cm³/mol. The highest BCUT2D eigenvalue weighted by Gasteiger charge is 2.46. The maximum absolute atomic E-state index is 8.05. The van der Waals surface area contributed by atoms with Crippen LogP contribution in [0.2, 0.25) is 0 Å². The standard InChI is InChI=1S/C14H16Cl2N2O2/c1-19-14(20-2)7-11(13(15,16)8-12(14)18)9-3-5-10(17)6-4-9/h3-7,18H,8,17H2,1-2H3. The second-order valence-electron chi connectivity index (χ2n) is 4.62. The number of anilines is 1. The molecule has 6 heteroatoms. The van der Waals surface area contributed by atoms with Gasteiger partial charge in [-0.1, -0.05) is 35.3 Å². The van der Waals surface area contributed by atoms with Gasteiger partial charge >= 0.3 is 0 Å². The first kappa shape index (κ1) is 15.3. The summed E-state index contributed by atoms with van der Waals surface area (Å²) in [5.74, 6) is -1.23. The van der Waals surface area contributed by atoms with Gasteiger partial charge in [-0.25, -0.2) is 0 Å². The van der Waals surface area contributed by atoms with E-state index in [0.29, 0.717) is 11.3 Å². The molecule has 1 aliphatic carbocycles. The van der Waals surface area contributed by atoms with Crippen molar-refractivity contribution < 1.29 is 9.47 Å². The van der Waals surface area contributed by atoms with Gasteiger partial charge in [-0.3, -0.25) is 0 Å². The van der Waals surface area contributed by atoms with E-state index in [0.717, 1.165) is 5.56 Å². The first-order valence-electron chi connectivity index (χ1n) is 6.00. The van der Waals surface area contributed by atoms with Crippen LogP contribution in [0.3, 0.4) is 0 Å². The van der Waals surface area contributed by atoms with E-state index in [2.05, 4.69) is 0 Å². The molecule has 0 saturated heterocycles. The van der Waals surface area contributed by atoms with Crippen molar-refractivity contribution in [3.8, 4) is 0 Å². The summed E-state index contributed by atoms with van der Waals surface area (Å²) >= 11 is 12.7. The molecule has 0 aliphatic heterocycles. The van der Waals surface area contributed by atoms with Crippen molar-refractivity contribution in [1.82, 2.24) is 0 Å². The van der Waals surface area contributed by atoms with Crippen molar-refractivity contribution in [2.75, 3.05) is 20.0 Å². The Hall–Kier alpha value is -1.07. The molecule has 0 unspecified atom stereocenters. The SMILES string of the molecule is COC1(OC)C=C(c2ccc(N)cc2)C(Cl)(Cl)CC1=N. The monoisotopic (exact) mass is 314 g/mol. The van der Waals surface area contributed by atoms with E-state index in [1.54, 1.807) is 18.2 Å². The third-order valence-electron chi connectivity index (χ3n) is 3.38. The zero-order valence-electron chi connectivity index (χ0n) is 11.2. The van der Waals surface area contributed by atoms with Crippen molar-refractivity contribution in [3.05, 3.63) is 35.9 Å². The summed E-state index contributed by atoms with van der Waals surface area (Å²) in [6.45, 7) is 0. The molecule has 1 aromatic carbocycles. The molecule has 108 valence electrons. The van der Waals surface area contributed by atoms with Crippen LogP contribution in [0.1, 0.15) is 12.0 Å².